The van der Waals surface area contributed by atoms with Crippen LogP contribution in [0.3, 0.4) is 0 Å². The molecule has 3 atom stereocenters. The van der Waals surface area contributed by atoms with Gasteiger partial charge in [-0.25, -0.2) is 0 Å². The average Bonchev–Trinajstić information content (AvgIpc) is 2.92. The molecule has 2 N–H and O–H groups in total. The van der Waals surface area contributed by atoms with Crippen LogP contribution in [0.5, 0.6) is 0 Å². The monoisotopic (exact) mass is 612 g/mol. The molecule has 0 fully saturated rings. The number of nitrogens with one attached hydrogen (secondary N) is 1. The van der Waals surface area contributed by atoms with Crippen molar-refractivity contribution in [2.45, 2.75) is 116 Å². The predicted molar refractivity (Wildman–Crippen MR) is 173 cm³/mol. The normalized spacial score (nSPS) is 15.7. The Labute approximate surface area is 257 Å². The third-order valence-corrected chi connectivity index (χ3v) is 7.55. The van der Waals surface area contributed by atoms with Gasteiger partial charge < -0.3 is 28.8 Å². The fourth-order valence-electron chi connectivity index (χ4n) is 3.97. The molecule has 0 bridgehead atoms. The van der Waals surface area contributed by atoms with Gasteiger partial charge in [0, 0.05) is 6.42 Å². The summed E-state index contributed by atoms with van der Waals surface area (Å²) in [5, 5.41) is 13.5. The minimum absolute atomic E-state index is 0.000558. The average molecular weight is 613 g/mol. The van der Waals surface area contributed by atoms with E-state index in [1.165, 1.54) is 0 Å². The van der Waals surface area contributed by atoms with Crippen LogP contribution >= 0.6 is 7.82 Å². The second-order valence-corrected chi connectivity index (χ2v) is 13.2. The van der Waals surface area contributed by atoms with Crippen LogP contribution < -0.4 is 10.2 Å². The number of carbonyl (C=O) groups is 1. The number of unbranched alkanes of at least 4 members (excludes halogenated alkanes) is 6. The quantitative estimate of drug-likeness (QED) is 0.0459. The minimum atomic E-state index is -4.55. The van der Waals surface area contributed by atoms with Crippen LogP contribution in [-0.2, 0) is 18.4 Å². The zero-order chi connectivity index (χ0) is 31.5. The van der Waals surface area contributed by atoms with Crippen LogP contribution in [0.2, 0.25) is 0 Å². The number of likely N-dealkylation sites (N-methyl/N-ethyl adjacent to an activating group) is 1. The molecule has 0 heterocycles. The second-order valence-electron chi connectivity index (χ2n) is 11.8. The van der Waals surface area contributed by atoms with Gasteiger partial charge in [0.1, 0.15) is 13.2 Å². The van der Waals surface area contributed by atoms with Gasteiger partial charge in [-0.3, -0.25) is 9.36 Å². The van der Waals surface area contributed by atoms with E-state index in [0.29, 0.717) is 30.3 Å². The summed E-state index contributed by atoms with van der Waals surface area (Å²) in [6.07, 6.45) is 28.7. The van der Waals surface area contributed by atoms with E-state index in [9.17, 15) is 19.4 Å². The molecule has 0 aromatic rings. The maximum Gasteiger partial charge on any atom is 0.268 e. The van der Waals surface area contributed by atoms with Crippen LogP contribution in [-0.4, -0.2) is 68.5 Å². The van der Waals surface area contributed by atoms with Crippen molar-refractivity contribution in [1.82, 2.24) is 5.32 Å². The molecule has 0 radical (unpaired) electrons. The first-order valence-corrected chi connectivity index (χ1v) is 17.4. The van der Waals surface area contributed by atoms with E-state index in [0.717, 1.165) is 70.6 Å². The molecule has 0 aliphatic rings. The van der Waals surface area contributed by atoms with E-state index in [1.807, 2.05) is 21.1 Å². The number of hydrogen-bond donors (Lipinski definition) is 2. The lowest BCUT2D eigenvalue weighted by atomic mass is 10.0. The number of hydrogen-bond acceptors (Lipinski definition) is 6. The van der Waals surface area contributed by atoms with E-state index < -0.39 is 20.0 Å². The first-order valence-electron chi connectivity index (χ1n) is 16.0. The SMILES string of the molecule is CC/C=C\C/C=C\C/C=C\C/C=C\CCCCC(=O)NC(COP(=O)([O-])OCC[N+](C)(C)C)C(O)CCCCCCC. The van der Waals surface area contributed by atoms with Crippen molar-refractivity contribution < 1.29 is 32.9 Å². The van der Waals surface area contributed by atoms with Gasteiger partial charge in [-0.2, -0.15) is 0 Å². The molecule has 3 unspecified atom stereocenters. The maximum atomic E-state index is 12.6. The molecule has 0 aromatic heterocycles. The first-order chi connectivity index (χ1) is 20.0. The number of quaternary nitrogens is 1. The van der Waals surface area contributed by atoms with Gasteiger partial charge in [0.15, 0.2) is 0 Å². The lowest BCUT2D eigenvalue weighted by Gasteiger charge is -2.30. The molecule has 0 spiro atoms. The molecule has 0 rings (SSSR count). The summed E-state index contributed by atoms with van der Waals surface area (Å²) in [6, 6.07) is -0.817. The highest BCUT2D eigenvalue weighted by Crippen LogP contribution is 2.38. The molecule has 9 heteroatoms. The number of phosphoric acid groups is 1. The summed E-state index contributed by atoms with van der Waals surface area (Å²) in [4.78, 5) is 24.9. The Morgan fingerprint density at radius 2 is 1.45 bits per heavy atom. The van der Waals surface area contributed by atoms with Crippen LogP contribution in [0.4, 0.5) is 0 Å². The first kappa shape index (κ1) is 40.5. The molecular formula is C33H61N2O6P. The standard InChI is InChI=1S/C33H61N2O6P/c1-6-8-10-12-13-14-15-16-17-18-19-20-21-23-25-27-33(37)34-31(32(36)26-24-22-11-9-7-2)30-41-42(38,39)40-29-28-35(3,4)5/h8,10,13-14,16-17,19-20,31-32,36H,6-7,9,11-12,15,18,21-30H2,1-5H3,(H-,34,37,38,39)/b10-8-,14-13-,17-16-,20-19-. The zero-order valence-electron chi connectivity index (χ0n) is 27.2. The Morgan fingerprint density at radius 3 is 2.05 bits per heavy atom. The van der Waals surface area contributed by atoms with Gasteiger partial charge in [0.25, 0.3) is 7.82 Å². The highest BCUT2D eigenvalue weighted by molar-refractivity contribution is 7.45. The lowest BCUT2D eigenvalue weighted by Crippen LogP contribution is -2.46. The Kier molecular flexibility index (Phi) is 25.0. The molecule has 0 aliphatic heterocycles. The van der Waals surface area contributed by atoms with Crippen molar-refractivity contribution in [3.63, 3.8) is 0 Å². The smallest absolute Gasteiger partial charge is 0.268 e. The van der Waals surface area contributed by atoms with Gasteiger partial charge in [0.2, 0.25) is 5.91 Å². The largest absolute Gasteiger partial charge is 0.756 e. The van der Waals surface area contributed by atoms with Crippen LogP contribution in [0.1, 0.15) is 104 Å². The number of nitrogens with zero attached hydrogens (tertiary/aromatic N) is 1. The van der Waals surface area contributed by atoms with Crippen molar-refractivity contribution in [3.8, 4) is 0 Å². The molecule has 0 aromatic carbocycles. The Morgan fingerprint density at radius 1 is 0.857 bits per heavy atom. The third kappa shape index (κ3) is 27.3. The molecular weight excluding hydrogens is 551 g/mol. The Balaban J connectivity index is 4.51. The number of aliphatic hydroxyl groups is 1. The van der Waals surface area contributed by atoms with Crippen molar-refractivity contribution in [1.29, 1.82) is 0 Å². The van der Waals surface area contributed by atoms with Gasteiger partial charge in [-0.1, -0.05) is 94.6 Å². The van der Waals surface area contributed by atoms with Crippen molar-refractivity contribution in [3.05, 3.63) is 48.6 Å². The highest BCUT2D eigenvalue weighted by atomic mass is 31.2. The van der Waals surface area contributed by atoms with E-state index in [-0.39, 0.29) is 19.1 Å². The minimum Gasteiger partial charge on any atom is -0.756 e. The molecule has 0 saturated heterocycles. The highest BCUT2D eigenvalue weighted by Gasteiger charge is 2.24. The molecule has 244 valence electrons. The maximum absolute atomic E-state index is 12.6. The van der Waals surface area contributed by atoms with Crippen molar-refractivity contribution in [2.75, 3.05) is 40.9 Å². The predicted octanol–water partition coefficient (Wildman–Crippen LogP) is 6.77. The Bertz CT molecular complexity index is 835. The van der Waals surface area contributed by atoms with E-state index >= 15 is 0 Å². The molecule has 42 heavy (non-hydrogen) atoms. The number of phosphoric ester groups is 1. The van der Waals surface area contributed by atoms with Gasteiger partial charge in [-0.05, 0) is 51.4 Å². The number of carbonyl (C=O) groups excluding carboxylic acids is 1. The lowest BCUT2D eigenvalue weighted by molar-refractivity contribution is -0.870. The van der Waals surface area contributed by atoms with Gasteiger partial charge in [-0.15, -0.1) is 0 Å². The fraction of sp³-hybridized carbons (Fsp3) is 0.727. The van der Waals surface area contributed by atoms with Gasteiger partial charge in [0.05, 0.1) is 39.9 Å². The van der Waals surface area contributed by atoms with E-state index in [1.54, 1.807) is 0 Å². The molecule has 0 saturated carbocycles. The number of rotatable bonds is 27. The number of amides is 1. The number of allylic oxidation sites excluding steroid dienone is 8. The Hall–Kier alpha value is -1.54. The summed E-state index contributed by atoms with van der Waals surface area (Å²) >= 11 is 0. The molecule has 1 amide bonds. The van der Waals surface area contributed by atoms with Crippen LogP contribution in [0, 0.1) is 0 Å². The van der Waals surface area contributed by atoms with Gasteiger partial charge >= 0.3 is 0 Å². The summed E-state index contributed by atoms with van der Waals surface area (Å²) < 4.78 is 22.9. The van der Waals surface area contributed by atoms with Crippen molar-refractivity contribution in [2.24, 2.45) is 0 Å². The summed E-state index contributed by atoms with van der Waals surface area (Å²) in [5.41, 5.74) is 0. The summed E-state index contributed by atoms with van der Waals surface area (Å²) in [5.74, 6) is -0.217. The third-order valence-electron chi connectivity index (χ3n) is 6.58. The molecule has 0 aliphatic carbocycles. The topological polar surface area (TPSA) is 108 Å². The van der Waals surface area contributed by atoms with Crippen molar-refractivity contribution >= 4 is 13.7 Å². The van der Waals surface area contributed by atoms with E-state index in [2.05, 4.69) is 67.8 Å². The van der Waals surface area contributed by atoms with Crippen LogP contribution in [0.15, 0.2) is 48.6 Å². The number of aliphatic hydroxyl groups excluding tert-OH is 1. The fourth-order valence-corrected chi connectivity index (χ4v) is 4.69. The summed E-state index contributed by atoms with van der Waals surface area (Å²) in [7, 11) is 1.26. The zero-order valence-corrected chi connectivity index (χ0v) is 28.1. The van der Waals surface area contributed by atoms with Crippen LogP contribution in [0.25, 0.3) is 0 Å². The second kappa shape index (κ2) is 25.9. The summed E-state index contributed by atoms with van der Waals surface area (Å²) in [6.45, 7) is 4.42. The van der Waals surface area contributed by atoms with E-state index in [4.69, 9.17) is 9.05 Å². The molecule has 8 nitrogen and oxygen atoms in total.